The molecule has 2 saturated heterocycles. The number of amides is 1. The zero-order valence-electron chi connectivity index (χ0n) is 26.4. The molecule has 1 aromatic carbocycles. The van der Waals surface area contributed by atoms with Gasteiger partial charge in [-0.25, -0.2) is 9.37 Å². The van der Waals surface area contributed by atoms with E-state index >= 15 is 0 Å². The van der Waals surface area contributed by atoms with Gasteiger partial charge in [0.15, 0.2) is 0 Å². The van der Waals surface area contributed by atoms with Crippen LogP contribution in [0.2, 0.25) is 0 Å². The third kappa shape index (κ3) is 7.05. The maximum Gasteiger partial charge on any atom is 0.412 e. The summed E-state index contributed by atoms with van der Waals surface area (Å²) in [6.45, 7) is 6.95. The normalized spacial score (nSPS) is 22.8. The Kier molecular flexibility index (Phi) is 9.52. The van der Waals surface area contributed by atoms with Crippen LogP contribution in [-0.2, 0) is 9.53 Å². The fourth-order valence-corrected chi connectivity index (χ4v) is 6.54. The molecule has 3 heterocycles. The van der Waals surface area contributed by atoms with Crippen LogP contribution in [0.5, 0.6) is 0 Å². The molecule has 1 N–H and O–H groups in total. The molecular weight excluding hydrogens is 633 g/mol. The second-order valence-electron chi connectivity index (χ2n) is 12.9. The van der Waals surface area contributed by atoms with Crippen molar-refractivity contribution in [3.8, 4) is 11.1 Å². The lowest BCUT2D eigenvalue weighted by Crippen LogP contribution is -2.63. The molecule has 14 heteroatoms. The third-order valence-corrected chi connectivity index (χ3v) is 9.35. The molecule has 1 amide bonds. The predicted octanol–water partition coefficient (Wildman–Crippen LogP) is 6.06. The van der Waals surface area contributed by atoms with Crippen LogP contribution in [-0.4, -0.2) is 91.8 Å². The summed E-state index contributed by atoms with van der Waals surface area (Å²) < 4.78 is 102. The average Bonchev–Trinajstić information content (AvgIpc) is 3.02. The van der Waals surface area contributed by atoms with Gasteiger partial charge < -0.3 is 19.6 Å². The molecule has 3 aliphatic rings. The van der Waals surface area contributed by atoms with Gasteiger partial charge in [0.25, 0.3) is 0 Å². The van der Waals surface area contributed by atoms with E-state index in [-0.39, 0.29) is 24.4 Å². The molecule has 1 aliphatic carbocycles. The van der Waals surface area contributed by atoms with Gasteiger partial charge in [0.1, 0.15) is 11.6 Å². The second-order valence-corrected chi connectivity index (χ2v) is 12.9. The summed E-state index contributed by atoms with van der Waals surface area (Å²) in [5, 5.41) is 10.3. The molecule has 0 radical (unpaired) electrons. The first-order valence-corrected chi connectivity index (χ1v) is 15.2. The lowest BCUT2D eigenvalue weighted by atomic mass is 9.76. The van der Waals surface area contributed by atoms with Gasteiger partial charge in [-0.2, -0.15) is 26.3 Å². The molecule has 2 aromatic rings. The highest BCUT2D eigenvalue weighted by Gasteiger charge is 2.48. The Hall–Kier alpha value is -3.49. The number of hydrogen-bond acceptors (Lipinski definition) is 6. The van der Waals surface area contributed by atoms with E-state index in [1.807, 2.05) is 4.90 Å². The van der Waals surface area contributed by atoms with E-state index in [1.165, 1.54) is 45.3 Å². The van der Waals surface area contributed by atoms with Crippen LogP contribution in [0.4, 0.5) is 42.2 Å². The molecule has 1 aromatic heterocycles. The van der Waals surface area contributed by atoms with Gasteiger partial charge in [0.2, 0.25) is 5.91 Å². The summed E-state index contributed by atoms with van der Waals surface area (Å²) in [6.07, 6.45) is -8.50. The number of halogens is 7. The summed E-state index contributed by atoms with van der Waals surface area (Å²) in [7, 11) is 1.37. The van der Waals surface area contributed by atoms with E-state index in [0.717, 1.165) is 11.4 Å². The van der Waals surface area contributed by atoms with Gasteiger partial charge in [-0.05, 0) is 62.1 Å². The van der Waals surface area contributed by atoms with E-state index in [4.69, 9.17) is 4.74 Å². The predicted molar refractivity (Wildman–Crippen MR) is 162 cm³/mol. The summed E-state index contributed by atoms with van der Waals surface area (Å²) in [4.78, 5) is 24.1. The molecule has 3 atom stereocenters. The Balaban J connectivity index is 1.56. The van der Waals surface area contributed by atoms with Gasteiger partial charge in [0.05, 0.1) is 55.1 Å². The largest absolute Gasteiger partial charge is 0.412 e. The number of nitrogens with zero attached hydrogens (tertiary/aromatic N) is 4. The molecule has 2 aliphatic heterocycles. The number of allylic oxidation sites excluding steroid dienone is 3. The highest BCUT2D eigenvalue weighted by atomic mass is 19.4. The zero-order chi connectivity index (χ0) is 34.5. The van der Waals surface area contributed by atoms with Crippen LogP contribution in [0, 0.1) is 24.1 Å². The number of ether oxygens (including phenoxy) is 1. The second kappa shape index (κ2) is 12.8. The van der Waals surface area contributed by atoms with Crippen molar-refractivity contribution in [3.05, 3.63) is 65.1 Å². The van der Waals surface area contributed by atoms with Gasteiger partial charge in [-0.1, -0.05) is 18.2 Å². The van der Waals surface area contributed by atoms with Crippen LogP contribution in [0.3, 0.4) is 0 Å². The van der Waals surface area contributed by atoms with E-state index < -0.39 is 53.0 Å². The lowest BCUT2D eigenvalue weighted by molar-refractivity contribution is -0.166. The number of fused-ring (bicyclic) bond motifs is 1. The summed E-state index contributed by atoms with van der Waals surface area (Å²) in [6, 6.07) is 5.54. The van der Waals surface area contributed by atoms with Crippen LogP contribution in [0.15, 0.2) is 53.8 Å². The molecule has 2 fully saturated rings. The maximum atomic E-state index is 14.2. The summed E-state index contributed by atoms with van der Waals surface area (Å²) in [5.74, 6) is -3.21. The number of alkyl halides is 6. The highest BCUT2D eigenvalue weighted by Crippen LogP contribution is 2.46. The van der Waals surface area contributed by atoms with Crippen molar-refractivity contribution >= 4 is 17.4 Å². The summed E-state index contributed by atoms with van der Waals surface area (Å²) >= 11 is 0. The molecule has 5 rings (SSSR count). The van der Waals surface area contributed by atoms with Gasteiger partial charge in [-0.15, -0.1) is 0 Å². The topological polar surface area (TPSA) is 69.1 Å². The van der Waals surface area contributed by atoms with Gasteiger partial charge in [0, 0.05) is 37.8 Å². The molecule has 1 unspecified atom stereocenters. The van der Waals surface area contributed by atoms with Crippen molar-refractivity contribution in [1.29, 1.82) is 0 Å². The molecule has 0 bridgehead atoms. The molecular formula is C33H37F7N4O3. The fourth-order valence-electron chi connectivity index (χ4n) is 6.54. The number of piperazine rings is 1. The van der Waals surface area contributed by atoms with Crippen molar-refractivity contribution in [3.63, 3.8) is 0 Å². The lowest BCUT2D eigenvalue weighted by Gasteiger charge is -2.48. The van der Waals surface area contributed by atoms with Crippen LogP contribution >= 0.6 is 0 Å². The average molecular weight is 671 g/mol. The van der Waals surface area contributed by atoms with Crippen molar-refractivity contribution < 1.29 is 45.4 Å². The number of aryl methyl sites for hydroxylation is 1. The third-order valence-electron chi connectivity index (χ3n) is 9.35. The number of benzene rings is 1. The number of morpholine rings is 1. The van der Waals surface area contributed by atoms with Crippen molar-refractivity contribution in [2.24, 2.45) is 11.3 Å². The van der Waals surface area contributed by atoms with Crippen molar-refractivity contribution in [1.82, 2.24) is 9.88 Å². The Morgan fingerprint density at radius 2 is 1.83 bits per heavy atom. The molecule has 0 saturated carbocycles. The Bertz CT molecular complexity index is 1570. The summed E-state index contributed by atoms with van der Waals surface area (Å²) in [5.41, 5.74) is -1.87. The Morgan fingerprint density at radius 3 is 2.47 bits per heavy atom. The highest BCUT2D eigenvalue weighted by molar-refractivity contribution is 6.02. The molecule has 7 nitrogen and oxygen atoms in total. The van der Waals surface area contributed by atoms with Crippen molar-refractivity contribution in [2.45, 2.75) is 51.6 Å². The monoisotopic (exact) mass is 670 g/mol. The zero-order valence-corrected chi connectivity index (χ0v) is 26.4. The number of pyridine rings is 1. The quantitative estimate of drug-likeness (QED) is 0.377. The number of anilines is 2. The smallest absolute Gasteiger partial charge is 0.394 e. The number of carbonyl (C=O) groups excluding carboxylic acids is 1. The van der Waals surface area contributed by atoms with Crippen LogP contribution < -0.4 is 9.80 Å². The van der Waals surface area contributed by atoms with Crippen LogP contribution in [0.25, 0.3) is 11.1 Å². The minimum atomic E-state index is -5.01. The molecule has 0 spiro atoms. The standard InChI is InChI=1S/C33H37F7N4O3/c1-19-9-23(34)5-6-26(19)27-13-29(44-16-25-18-47-8-7-43(25)15-24(44)17-45)41-14-28(27)42(4)30(46)31(2,3)20-10-21(32(35,36)37)12-22(11-20)33(38,39)40/h5-6,9-11,13-14,21,24-25,45H,7-8,12,15-18H2,1-4H3/t21?,24-,25-/m0/s1. The van der Waals surface area contributed by atoms with E-state index in [9.17, 15) is 40.6 Å². The van der Waals surface area contributed by atoms with Gasteiger partial charge >= 0.3 is 12.4 Å². The molecule has 256 valence electrons. The first kappa shape index (κ1) is 34.8. The maximum absolute atomic E-state index is 14.2. The number of aromatic nitrogens is 1. The van der Waals surface area contributed by atoms with E-state index in [1.54, 1.807) is 13.0 Å². The first-order chi connectivity index (χ1) is 21.9. The van der Waals surface area contributed by atoms with Gasteiger partial charge in [-0.3, -0.25) is 9.69 Å². The van der Waals surface area contributed by atoms with Crippen LogP contribution in [0.1, 0.15) is 25.8 Å². The number of rotatable bonds is 6. The van der Waals surface area contributed by atoms with E-state index in [0.29, 0.717) is 61.0 Å². The number of aliphatic hydroxyl groups excluding tert-OH is 1. The van der Waals surface area contributed by atoms with E-state index in [2.05, 4.69) is 9.88 Å². The Labute approximate surface area is 268 Å². The number of hydrogen-bond donors (Lipinski definition) is 1. The molecule has 47 heavy (non-hydrogen) atoms. The number of aliphatic hydroxyl groups is 1. The minimum Gasteiger partial charge on any atom is -0.394 e. The number of carbonyl (C=O) groups is 1. The Morgan fingerprint density at radius 1 is 1.11 bits per heavy atom. The SMILES string of the molecule is Cc1cc(F)ccc1-c1cc(N2C[C@H]3COCCN3C[C@H]2CO)ncc1N(C)C(=O)C(C)(C)C1=CC(C(F)(F)F)CC(C(F)(F)F)=C1. The first-order valence-electron chi connectivity index (χ1n) is 15.2. The minimum absolute atomic E-state index is 0.0491. The fraction of sp³-hybridized carbons (Fsp3) is 0.515. The van der Waals surface area contributed by atoms with Crippen molar-refractivity contribution in [2.75, 3.05) is 56.3 Å².